The van der Waals surface area contributed by atoms with Gasteiger partial charge >= 0.3 is 5.97 Å². The molecule has 1 aromatic rings. The first-order valence-corrected chi connectivity index (χ1v) is 4.35. The van der Waals surface area contributed by atoms with E-state index in [0.29, 0.717) is 6.61 Å². The highest BCUT2D eigenvalue weighted by Crippen LogP contribution is 2.00. The zero-order valence-corrected chi connectivity index (χ0v) is 8.15. The van der Waals surface area contributed by atoms with E-state index in [2.05, 4.69) is 14.9 Å². The van der Waals surface area contributed by atoms with Crippen LogP contribution in [0.2, 0.25) is 0 Å². The maximum absolute atomic E-state index is 11.1. The minimum atomic E-state index is -0.584. The highest BCUT2D eigenvalue weighted by molar-refractivity contribution is 5.84. The summed E-state index contributed by atoms with van der Waals surface area (Å²) in [6.45, 7) is 4.61. The molecule has 0 amide bonds. The third-order valence-corrected chi connectivity index (χ3v) is 1.36. The van der Waals surface area contributed by atoms with E-state index < -0.39 is 5.97 Å². The van der Waals surface area contributed by atoms with Gasteiger partial charge in [0.05, 0.1) is 6.61 Å². The molecule has 14 heavy (non-hydrogen) atoms. The summed E-state index contributed by atoms with van der Waals surface area (Å²) in [4.78, 5) is 14.9. The number of nitrogens with zero attached hydrogens (tertiary/aromatic N) is 2. The summed E-state index contributed by atoms with van der Waals surface area (Å²) in [7, 11) is 0. The predicted molar refractivity (Wildman–Crippen MR) is 45.6 cm³/mol. The number of ether oxygens (including phenoxy) is 2. The van der Waals surface area contributed by atoms with Crippen molar-refractivity contribution in [3.63, 3.8) is 0 Å². The molecule has 6 nitrogen and oxygen atoms in total. The van der Waals surface area contributed by atoms with Crippen LogP contribution in [0.25, 0.3) is 0 Å². The van der Waals surface area contributed by atoms with Crippen molar-refractivity contribution in [1.29, 1.82) is 0 Å². The van der Waals surface area contributed by atoms with Gasteiger partial charge in [-0.25, -0.2) is 4.79 Å². The van der Waals surface area contributed by atoms with Crippen molar-refractivity contribution in [3.8, 4) is 0 Å². The standard InChI is InChI=1S/C8H12N2O4/c1-3-12-5-6-9-7(10-14-6)8(11)13-4-2/h3-5H2,1-2H3. The van der Waals surface area contributed by atoms with Gasteiger partial charge in [0.25, 0.3) is 11.7 Å². The van der Waals surface area contributed by atoms with Crippen LogP contribution in [0.4, 0.5) is 0 Å². The third kappa shape index (κ3) is 2.81. The minimum Gasteiger partial charge on any atom is -0.460 e. The number of carbonyl (C=O) groups excluding carboxylic acids is 1. The largest absolute Gasteiger partial charge is 0.460 e. The fraction of sp³-hybridized carbons (Fsp3) is 0.625. The maximum Gasteiger partial charge on any atom is 0.379 e. The van der Waals surface area contributed by atoms with Gasteiger partial charge in [0, 0.05) is 6.61 Å². The van der Waals surface area contributed by atoms with Crippen molar-refractivity contribution in [2.75, 3.05) is 13.2 Å². The van der Waals surface area contributed by atoms with E-state index in [4.69, 9.17) is 9.26 Å². The molecule has 0 spiro atoms. The first-order chi connectivity index (χ1) is 6.77. The van der Waals surface area contributed by atoms with Gasteiger partial charge < -0.3 is 14.0 Å². The van der Waals surface area contributed by atoms with E-state index in [1.54, 1.807) is 6.92 Å². The number of hydrogen-bond donors (Lipinski definition) is 0. The lowest BCUT2D eigenvalue weighted by Crippen LogP contribution is -2.06. The van der Waals surface area contributed by atoms with Crippen LogP contribution < -0.4 is 0 Å². The van der Waals surface area contributed by atoms with Crippen LogP contribution >= 0.6 is 0 Å². The fourth-order valence-electron chi connectivity index (χ4n) is 0.781. The molecule has 0 aliphatic carbocycles. The summed E-state index contributed by atoms with van der Waals surface area (Å²) in [5, 5.41) is 3.45. The molecule has 1 heterocycles. The van der Waals surface area contributed by atoms with Crippen molar-refractivity contribution in [1.82, 2.24) is 10.1 Å². The normalized spacial score (nSPS) is 10.1. The lowest BCUT2D eigenvalue weighted by atomic mass is 10.6. The molecular weight excluding hydrogens is 188 g/mol. The molecule has 0 bridgehead atoms. The molecule has 78 valence electrons. The van der Waals surface area contributed by atoms with E-state index in [1.807, 2.05) is 6.92 Å². The van der Waals surface area contributed by atoms with Crippen LogP contribution in [-0.4, -0.2) is 29.3 Å². The molecular formula is C8H12N2O4. The Morgan fingerprint density at radius 3 is 2.86 bits per heavy atom. The number of carbonyl (C=O) groups is 1. The highest BCUT2D eigenvalue weighted by atomic mass is 16.5. The molecule has 1 aromatic heterocycles. The first kappa shape index (κ1) is 10.6. The van der Waals surface area contributed by atoms with E-state index >= 15 is 0 Å². The van der Waals surface area contributed by atoms with E-state index in [9.17, 15) is 4.79 Å². The van der Waals surface area contributed by atoms with Gasteiger partial charge in [-0.1, -0.05) is 0 Å². The van der Waals surface area contributed by atoms with Crippen LogP contribution in [-0.2, 0) is 16.1 Å². The van der Waals surface area contributed by atoms with E-state index in [1.165, 1.54) is 0 Å². The van der Waals surface area contributed by atoms with Gasteiger partial charge in [-0.2, -0.15) is 4.98 Å². The molecule has 0 atom stereocenters. The second-order valence-electron chi connectivity index (χ2n) is 2.37. The zero-order chi connectivity index (χ0) is 10.4. The monoisotopic (exact) mass is 200 g/mol. The lowest BCUT2D eigenvalue weighted by Gasteiger charge is -1.94. The van der Waals surface area contributed by atoms with Crippen molar-refractivity contribution < 1.29 is 18.8 Å². The molecule has 0 unspecified atom stereocenters. The van der Waals surface area contributed by atoms with Gasteiger partial charge in [0.1, 0.15) is 6.61 Å². The van der Waals surface area contributed by atoms with Crippen LogP contribution in [0, 0.1) is 0 Å². The quantitative estimate of drug-likeness (QED) is 0.654. The Bertz CT molecular complexity index is 297. The molecule has 1 rings (SSSR count). The average Bonchev–Trinajstić information content (AvgIpc) is 2.63. The van der Waals surface area contributed by atoms with Crippen LogP contribution in [0.1, 0.15) is 30.4 Å². The van der Waals surface area contributed by atoms with Crippen molar-refractivity contribution >= 4 is 5.97 Å². The van der Waals surface area contributed by atoms with Crippen LogP contribution in [0.3, 0.4) is 0 Å². The Labute approximate surface area is 81.2 Å². The molecule has 0 saturated heterocycles. The molecule has 6 heteroatoms. The molecule has 0 fully saturated rings. The van der Waals surface area contributed by atoms with Gasteiger partial charge in [0.15, 0.2) is 0 Å². The summed E-state index contributed by atoms with van der Waals surface area (Å²) < 4.78 is 14.5. The Morgan fingerprint density at radius 1 is 1.43 bits per heavy atom. The predicted octanol–water partition coefficient (Wildman–Crippen LogP) is 0.783. The van der Waals surface area contributed by atoms with Crippen molar-refractivity contribution in [2.45, 2.75) is 20.5 Å². The van der Waals surface area contributed by atoms with Crippen LogP contribution in [0.5, 0.6) is 0 Å². The summed E-state index contributed by atoms with van der Waals surface area (Å²) in [5.41, 5.74) is 0. The fourth-order valence-corrected chi connectivity index (χ4v) is 0.781. The van der Waals surface area contributed by atoms with Gasteiger partial charge in [-0.15, -0.1) is 0 Å². The third-order valence-electron chi connectivity index (χ3n) is 1.36. The van der Waals surface area contributed by atoms with Crippen LogP contribution in [0.15, 0.2) is 4.52 Å². The van der Waals surface area contributed by atoms with Gasteiger partial charge in [-0.05, 0) is 19.0 Å². The topological polar surface area (TPSA) is 74.5 Å². The average molecular weight is 200 g/mol. The summed E-state index contributed by atoms with van der Waals surface area (Å²) >= 11 is 0. The Kier molecular flexibility index (Phi) is 4.06. The summed E-state index contributed by atoms with van der Waals surface area (Å²) in [5.74, 6) is -0.379. The number of aromatic nitrogens is 2. The highest BCUT2D eigenvalue weighted by Gasteiger charge is 2.14. The Balaban J connectivity index is 2.54. The second-order valence-corrected chi connectivity index (χ2v) is 2.37. The van der Waals surface area contributed by atoms with Gasteiger partial charge in [0.2, 0.25) is 0 Å². The van der Waals surface area contributed by atoms with E-state index in [0.717, 1.165) is 0 Å². The molecule has 0 N–H and O–H groups in total. The van der Waals surface area contributed by atoms with Crippen molar-refractivity contribution in [2.24, 2.45) is 0 Å². The summed E-state index contributed by atoms with van der Waals surface area (Å²) in [6, 6.07) is 0. The first-order valence-electron chi connectivity index (χ1n) is 4.35. The van der Waals surface area contributed by atoms with Crippen molar-refractivity contribution in [3.05, 3.63) is 11.7 Å². The molecule has 0 aromatic carbocycles. The zero-order valence-electron chi connectivity index (χ0n) is 8.15. The maximum atomic E-state index is 11.1. The summed E-state index contributed by atoms with van der Waals surface area (Å²) in [6.07, 6.45) is 0. The Hall–Kier alpha value is -1.43. The number of hydrogen-bond acceptors (Lipinski definition) is 6. The number of esters is 1. The van der Waals surface area contributed by atoms with Gasteiger partial charge in [-0.3, -0.25) is 0 Å². The SMILES string of the molecule is CCOCc1nc(C(=O)OCC)no1. The molecule has 0 aliphatic rings. The second kappa shape index (κ2) is 5.33. The molecule has 0 radical (unpaired) electrons. The lowest BCUT2D eigenvalue weighted by molar-refractivity contribution is 0.0508. The smallest absolute Gasteiger partial charge is 0.379 e. The Morgan fingerprint density at radius 2 is 2.21 bits per heavy atom. The molecule has 0 aliphatic heterocycles. The van der Waals surface area contributed by atoms with E-state index in [-0.39, 0.29) is 24.9 Å². The minimum absolute atomic E-state index is 0.0680. The molecule has 0 saturated carbocycles. The number of rotatable bonds is 5.